The standard InChI is InChI=1S/C21H26FN7O/c22-17-12-26-19(16-11-25-18-15(16)5-3-8-23-18)28-20(17)24-10-14-4-1-2-9-29(14)21(30)27-13-6-7-13/h3,5,8,12-14,16H,1-2,4,6-7,9-11H2,(H,23,25)(H,27,30)(H,24,26,28)/t14-,16?/m1/s1. The van der Waals surface area contributed by atoms with Gasteiger partial charge in [-0.15, -0.1) is 0 Å². The van der Waals surface area contributed by atoms with E-state index in [2.05, 4.69) is 30.9 Å². The van der Waals surface area contributed by atoms with Gasteiger partial charge >= 0.3 is 6.03 Å². The summed E-state index contributed by atoms with van der Waals surface area (Å²) in [6.45, 7) is 1.83. The number of hydrogen-bond donors (Lipinski definition) is 3. The Morgan fingerprint density at radius 2 is 2.17 bits per heavy atom. The number of halogens is 1. The van der Waals surface area contributed by atoms with Crippen LogP contribution in [-0.2, 0) is 0 Å². The van der Waals surface area contributed by atoms with Crippen LogP contribution in [0.15, 0.2) is 24.5 Å². The highest BCUT2D eigenvalue weighted by atomic mass is 19.1. The molecule has 1 saturated carbocycles. The van der Waals surface area contributed by atoms with E-state index in [1.807, 2.05) is 17.0 Å². The molecule has 3 N–H and O–H groups in total. The molecule has 5 rings (SSSR count). The Balaban J connectivity index is 1.29. The largest absolute Gasteiger partial charge is 0.369 e. The highest BCUT2D eigenvalue weighted by Gasteiger charge is 2.31. The van der Waals surface area contributed by atoms with Crippen LogP contribution in [0.25, 0.3) is 0 Å². The molecule has 0 aromatic carbocycles. The fourth-order valence-corrected chi connectivity index (χ4v) is 4.24. The summed E-state index contributed by atoms with van der Waals surface area (Å²) in [5.41, 5.74) is 1.02. The highest BCUT2D eigenvalue weighted by molar-refractivity contribution is 5.75. The van der Waals surface area contributed by atoms with E-state index in [1.165, 1.54) is 6.20 Å². The van der Waals surface area contributed by atoms with E-state index in [9.17, 15) is 9.18 Å². The van der Waals surface area contributed by atoms with Crippen LogP contribution in [-0.4, -0.2) is 57.6 Å². The molecule has 9 heteroatoms. The van der Waals surface area contributed by atoms with Gasteiger partial charge in [-0.1, -0.05) is 6.07 Å². The van der Waals surface area contributed by atoms with Crippen molar-refractivity contribution in [2.75, 3.05) is 30.3 Å². The van der Waals surface area contributed by atoms with Crippen molar-refractivity contribution >= 4 is 17.7 Å². The molecule has 1 aliphatic carbocycles. The van der Waals surface area contributed by atoms with Gasteiger partial charge in [0.25, 0.3) is 0 Å². The normalized spacial score (nSPS) is 22.9. The predicted molar refractivity (Wildman–Crippen MR) is 111 cm³/mol. The van der Waals surface area contributed by atoms with Gasteiger partial charge in [0, 0.05) is 37.4 Å². The second kappa shape index (κ2) is 8.04. The Morgan fingerprint density at radius 3 is 3.03 bits per heavy atom. The number of nitrogens with zero attached hydrogens (tertiary/aromatic N) is 4. The van der Waals surface area contributed by atoms with Crippen molar-refractivity contribution in [1.82, 2.24) is 25.2 Å². The zero-order chi connectivity index (χ0) is 20.5. The number of amides is 2. The third-order valence-corrected chi connectivity index (χ3v) is 6.06. The molecule has 2 aliphatic heterocycles. The minimum Gasteiger partial charge on any atom is -0.369 e. The summed E-state index contributed by atoms with van der Waals surface area (Å²) < 4.78 is 14.4. The zero-order valence-corrected chi connectivity index (χ0v) is 16.8. The number of nitrogens with one attached hydrogen (secondary N) is 3. The molecule has 0 bridgehead atoms. The number of piperidine rings is 1. The number of fused-ring (bicyclic) bond motifs is 1. The molecule has 30 heavy (non-hydrogen) atoms. The van der Waals surface area contributed by atoms with Crippen LogP contribution in [0.1, 0.15) is 49.4 Å². The van der Waals surface area contributed by atoms with E-state index in [0.29, 0.717) is 25.0 Å². The third-order valence-electron chi connectivity index (χ3n) is 6.06. The first-order chi connectivity index (χ1) is 14.7. The number of aromatic nitrogens is 3. The van der Waals surface area contributed by atoms with Crippen molar-refractivity contribution in [1.29, 1.82) is 0 Å². The molecule has 1 unspecified atom stereocenters. The third kappa shape index (κ3) is 3.88. The summed E-state index contributed by atoms with van der Waals surface area (Å²) in [6.07, 6.45) is 8.05. The summed E-state index contributed by atoms with van der Waals surface area (Å²) in [4.78, 5) is 27.5. The first-order valence-electron chi connectivity index (χ1n) is 10.7. The fraction of sp³-hybridized carbons (Fsp3) is 0.524. The van der Waals surface area contributed by atoms with Crippen molar-refractivity contribution in [3.05, 3.63) is 41.7 Å². The molecule has 2 atom stereocenters. The van der Waals surface area contributed by atoms with Crippen LogP contribution >= 0.6 is 0 Å². The van der Waals surface area contributed by atoms with Gasteiger partial charge in [0.2, 0.25) is 0 Å². The number of anilines is 2. The maximum absolute atomic E-state index is 14.4. The monoisotopic (exact) mass is 411 g/mol. The van der Waals surface area contributed by atoms with Crippen molar-refractivity contribution < 1.29 is 9.18 Å². The summed E-state index contributed by atoms with van der Waals surface area (Å²) in [6, 6.07) is 4.21. The summed E-state index contributed by atoms with van der Waals surface area (Å²) >= 11 is 0. The highest BCUT2D eigenvalue weighted by Crippen LogP contribution is 2.33. The quantitative estimate of drug-likeness (QED) is 0.700. The van der Waals surface area contributed by atoms with E-state index in [4.69, 9.17) is 0 Å². The lowest BCUT2D eigenvalue weighted by molar-refractivity contribution is 0.155. The molecule has 0 radical (unpaired) electrons. The van der Waals surface area contributed by atoms with Crippen LogP contribution in [0.3, 0.4) is 0 Å². The van der Waals surface area contributed by atoms with Gasteiger partial charge in [0.15, 0.2) is 11.6 Å². The number of hydrogen-bond acceptors (Lipinski definition) is 6. The predicted octanol–water partition coefficient (Wildman–Crippen LogP) is 2.71. The fourth-order valence-electron chi connectivity index (χ4n) is 4.24. The minimum atomic E-state index is -0.485. The van der Waals surface area contributed by atoms with Crippen LogP contribution < -0.4 is 16.0 Å². The van der Waals surface area contributed by atoms with Crippen molar-refractivity contribution in [2.45, 2.75) is 50.1 Å². The number of likely N-dealkylation sites (tertiary alicyclic amines) is 1. The molecule has 1 saturated heterocycles. The number of pyridine rings is 1. The lowest BCUT2D eigenvalue weighted by atomic mass is 10.0. The van der Waals surface area contributed by atoms with Crippen LogP contribution in [0.4, 0.5) is 20.8 Å². The second-order valence-electron chi connectivity index (χ2n) is 8.25. The number of carbonyl (C=O) groups is 1. The smallest absolute Gasteiger partial charge is 0.317 e. The first-order valence-corrected chi connectivity index (χ1v) is 10.7. The molecule has 2 aromatic rings. The van der Waals surface area contributed by atoms with E-state index in [1.54, 1.807) is 6.20 Å². The van der Waals surface area contributed by atoms with Gasteiger partial charge in [0.05, 0.1) is 18.2 Å². The summed E-state index contributed by atoms with van der Waals surface area (Å²) in [5.74, 6) is 1.02. The number of carbonyl (C=O) groups excluding carboxylic acids is 1. The Kier molecular flexibility index (Phi) is 5.10. The Morgan fingerprint density at radius 1 is 1.27 bits per heavy atom. The Labute approximate surface area is 174 Å². The molecule has 2 aromatic heterocycles. The van der Waals surface area contributed by atoms with Gasteiger partial charge in [-0.05, 0) is 38.2 Å². The average molecular weight is 411 g/mol. The lowest BCUT2D eigenvalue weighted by Crippen LogP contribution is -2.51. The van der Waals surface area contributed by atoms with Crippen molar-refractivity contribution in [3.63, 3.8) is 0 Å². The lowest BCUT2D eigenvalue weighted by Gasteiger charge is -2.36. The second-order valence-corrected chi connectivity index (χ2v) is 8.25. The molecular formula is C21H26FN7O. The van der Waals surface area contributed by atoms with E-state index in [-0.39, 0.29) is 23.8 Å². The topological polar surface area (TPSA) is 95.1 Å². The molecule has 2 fully saturated rings. The van der Waals surface area contributed by atoms with E-state index < -0.39 is 5.82 Å². The molecule has 2 amide bonds. The minimum absolute atomic E-state index is 0.00557. The van der Waals surface area contributed by atoms with Gasteiger partial charge < -0.3 is 20.9 Å². The number of rotatable bonds is 5. The molecule has 158 valence electrons. The summed E-state index contributed by atoms with van der Waals surface area (Å²) in [7, 11) is 0. The van der Waals surface area contributed by atoms with Gasteiger partial charge in [-0.3, -0.25) is 0 Å². The Bertz CT molecular complexity index is 935. The molecule has 8 nitrogen and oxygen atoms in total. The van der Waals surface area contributed by atoms with Crippen LogP contribution in [0.5, 0.6) is 0 Å². The Hall–Kier alpha value is -2.97. The first kappa shape index (κ1) is 19.0. The molecule has 0 spiro atoms. The van der Waals surface area contributed by atoms with Gasteiger partial charge in [0.1, 0.15) is 11.6 Å². The van der Waals surface area contributed by atoms with E-state index in [0.717, 1.165) is 50.0 Å². The SMILES string of the molecule is O=C(NC1CC1)N1CCCC[C@@H]1CNc1nc(C2CNc3ncccc32)ncc1F. The van der Waals surface area contributed by atoms with Gasteiger partial charge in [-0.25, -0.2) is 24.1 Å². The molecular weight excluding hydrogens is 385 g/mol. The summed E-state index contributed by atoms with van der Waals surface area (Å²) in [5, 5.41) is 9.45. The number of urea groups is 1. The van der Waals surface area contributed by atoms with E-state index >= 15 is 0 Å². The van der Waals surface area contributed by atoms with Crippen molar-refractivity contribution in [2.24, 2.45) is 0 Å². The average Bonchev–Trinajstić information content (AvgIpc) is 3.48. The van der Waals surface area contributed by atoms with Crippen LogP contribution in [0, 0.1) is 5.82 Å². The maximum atomic E-state index is 14.4. The molecule has 4 heterocycles. The molecule has 3 aliphatic rings. The zero-order valence-electron chi connectivity index (χ0n) is 16.8. The van der Waals surface area contributed by atoms with Crippen molar-refractivity contribution in [3.8, 4) is 0 Å². The van der Waals surface area contributed by atoms with Gasteiger partial charge in [-0.2, -0.15) is 0 Å². The maximum Gasteiger partial charge on any atom is 0.317 e. The van der Waals surface area contributed by atoms with Crippen LogP contribution in [0.2, 0.25) is 0 Å².